The summed E-state index contributed by atoms with van der Waals surface area (Å²) in [6, 6.07) is 20.5. The number of rotatable bonds is 6. The number of benzene rings is 2. The quantitative estimate of drug-likeness (QED) is 0.688. The summed E-state index contributed by atoms with van der Waals surface area (Å²) in [4.78, 5) is 18.4. The molecule has 0 fully saturated rings. The summed E-state index contributed by atoms with van der Waals surface area (Å²) in [7, 11) is 0. The molecule has 5 heteroatoms. The third kappa shape index (κ3) is 4.60. The predicted octanol–water partition coefficient (Wildman–Crippen LogP) is 4.93. The maximum absolute atomic E-state index is 12.7. The van der Waals surface area contributed by atoms with E-state index < -0.39 is 0 Å². The number of nitrogens with one attached hydrogen (secondary N) is 1. The Hall–Kier alpha value is -3.34. The largest absolute Gasteiger partial charge is 0.455 e. The van der Waals surface area contributed by atoms with Gasteiger partial charge in [0, 0.05) is 25.5 Å². The Labute approximate surface area is 153 Å². The van der Waals surface area contributed by atoms with Gasteiger partial charge in [0.2, 0.25) is 0 Å². The number of hydrogen-bond donors (Lipinski definition) is 1. The SMILES string of the molecule is CCN(Cc1ccncc1)C(=O)Nc1ccccc1Oc1ccccc1. The summed E-state index contributed by atoms with van der Waals surface area (Å²) in [5.41, 5.74) is 1.67. The van der Waals surface area contributed by atoms with E-state index in [1.165, 1.54) is 0 Å². The molecule has 0 radical (unpaired) electrons. The second kappa shape index (κ2) is 8.67. The molecular formula is C21H21N3O2. The molecule has 1 N–H and O–H groups in total. The first-order valence-electron chi connectivity index (χ1n) is 8.53. The lowest BCUT2D eigenvalue weighted by Gasteiger charge is -2.22. The van der Waals surface area contributed by atoms with Crippen LogP contribution < -0.4 is 10.1 Å². The first-order chi connectivity index (χ1) is 12.8. The molecule has 0 bridgehead atoms. The maximum Gasteiger partial charge on any atom is 0.322 e. The lowest BCUT2D eigenvalue weighted by Crippen LogP contribution is -2.34. The zero-order valence-corrected chi connectivity index (χ0v) is 14.6. The van der Waals surface area contributed by atoms with Crippen molar-refractivity contribution in [1.82, 2.24) is 9.88 Å². The zero-order valence-electron chi connectivity index (χ0n) is 14.6. The van der Waals surface area contributed by atoms with Gasteiger partial charge in [-0.25, -0.2) is 4.79 Å². The van der Waals surface area contributed by atoms with E-state index in [9.17, 15) is 4.79 Å². The molecule has 0 atom stereocenters. The van der Waals surface area contributed by atoms with Crippen molar-refractivity contribution in [1.29, 1.82) is 0 Å². The average molecular weight is 347 g/mol. The first-order valence-corrected chi connectivity index (χ1v) is 8.53. The molecular weight excluding hydrogens is 326 g/mol. The average Bonchev–Trinajstić information content (AvgIpc) is 2.69. The molecule has 2 aromatic carbocycles. The van der Waals surface area contributed by atoms with Crippen molar-refractivity contribution in [3.63, 3.8) is 0 Å². The summed E-state index contributed by atoms with van der Waals surface area (Å²) in [5, 5.41) is 2.95. The number of para-hydroxylation sites is 3. The summed E-state index contributed by atoms with van der Waals surface area (Å²) in [6.07, 6.45) is 3.45. The molecule has 0 aliphatic rings. The highest BCUT2D eigenvalue weighted by atomic mass is 16.5. The second-order valence-electron chi connectivity index (χ2n) is 5.71. The Kier molecular flexibility index (Phi) is 5.83. The van der Waals surface area contributed by atoms with Gasteiger partial charge >= 0.3 is 6.03 Å². The Morgan fingerprint density at radius 1 is 1.00 bits per heavy atom. The van der Waals surface area contributed by atoms with Crippen LogP contribution in [0.4, 0.5) is 10.5 Å². The number of amides is 2. The number of nitrogens with zero attached hydrogens (tertiary/aromatic N) is 2. The molecule has 0 aliphatic heterocycles. The van der Waals surface area contributed by atoms with Crippen molar-refractivity contribution in [3.8, 4) is 11.5 Å². The highest BCUT2D eigenvalue weighted by Crippen LogP contribution is 2.29. The Morgan fingerprint density at radius 2 is 1.69 bits per heavy atom. The van der Waals surface area contributed by atoms with Crippen LogP contribution in [0, 0.1) is 0 Å². The summed E-state index contributed by atoms with van der Waals surface area (Å²) >= 11 is 0. The van der Waals surface area contributed by atoms with Crippen LogP contribution in [0.2, 0.25) is 0 Å². The molecule has 0 saturated heterocycles. The number of urea groups is 1. The highest BCUT2D eigenvalue weighted by Gasteiger charge is 2.14. The van der Waals surface area contributed by atoms with Crippen LogP contribution in [-0.4, -0.2) is 22.5 Å². The van der Waals surface area contributed by atoms with Gasteiger partial charge in [-0.05, 0) is 48.9 Å². The van der Waals surface area contributed by atoms with E-state index >= 15 is 0 Å². The number of carbonyl (C=O) groups is 1. The number of anilines is 1. The normalized spacial score (nSPS) is 10.2. The van der Waals surface area contributed by atoms with Gasteiger partial charge < -0.3 is 15.0 Å². The van der Waals surface area contributed by atoms with Gasteiger partial charge in [-0.2, -0.15) is 0 Å². The summed E-state index contributed by atoms with van der Waals surface area (Å²) < 4.78 is 5.90. The van der Waals surface area contributed by atoms with E-state index in [0.717, 1.165) is 11.3 Å². The van der Waals surface area contributed by atoms with E-state index in [2.05, 4.69) is 10.3 Å². The standard InChI is InChI=1S/C21H21N3O2/c1-2-24(16-17-12-14-22-15-13-17)21(25)23-19-10-6-7-11-20(19)26-18-8-4-3-5-9-18/h3-15H,2,16H2,1H3,(H,23,25). The number of carbonyl (C=O) groups excluding carboxylic acids is 1. The molecule has 132 valence electrons. The lowest BCUT2D eigenvalue weighted by molar-refractivity contribution is 0.212. The smallest absolute Gasteiger partial charge is 0.322 e. The molecule has 1 heterocycles. The van der Waals surface area contributed by atoms with Gasteiger partial charge in [0.15, 0.2) is 5.75 Å². The number of hydrogen-bond acceptors (Lipinski definition) is 3. The first kappa shape index (κ1) is 17.5. The van der Waals surface area contributed by atoms with E-state index in [1.54, 1.807) is 17.3 Å². The van der Waals surface area contributed by atoms with Crippen LogP contribution >= 0.6 is 0 Å². The van der Waals surface area contributed by atoms with Gasteiger partial charge in [-0.3, -0.25) is 4.98 Å². The van der Waals surface area contributed by atoms with E-state index in [0.29, 0.717) is 24.5 Å². The van der Waals surface area contributed by atoms with E-state index in [1.807, 2.05) is 73.7 Å². The minimum atomic E-state index is -0.173. The zero-order chi connectivity index (χ0) is 18.2. The molecule has 0 aliphatic carbocycles. The lowest BCUT2D eigenvalue weighted by atomic mass is 10.2. The van der Waals surface area contributed by atoms with Gasteiger partial charge in [0.1, 0.15) is 5.75 Å². The summed E-state index contributed by atoms with van der Waals surface area (Å²) in [5.74, 6) is 1.32. The maximum atomic E-state index is 12.7. The molecule has 1 aromatic heterocycles. The fraction of sp³-hybridized carbons (Fsp3) is 0.143. The third-order valence-electron chi connectivity index (χ3n) is 3.89. The minimum absolute atomic E-state index is 0.173. The Bertz CT molecular complexity index is 838. The Balaban J connectivity index is 1.72. The van der Waals surface area contributed by atoms with Crippen LogP contribution in [-0.2, 0) is 6.54 Å². The van der Waals surface area contributed by atoms with Crippen molar-refractivity contribution < 1.29 is 9.53 Å². The number of aromatic nitrogens is 1. The second-order valence-corrected chi connectivity index (χ2v) is 5.71. The van der Waals surface area contributed by atoms with Crippen LogP contribution in [0.1, 0.15) is 12.5 Å². The predicted molar refractivity (Wildman–Crippen MR) is 102 cm³/mol. The van der Waals surface area contributed by atoms with Crippen molar-refractivity contribution in [2.24, 2.45) is 0 Å². The van der Waals surface area contributed by atoms with Crippen molar-refractivity contribution in [2.75, 3.05) is 11.9 Å². The molecule has 26 heavy (non-hydrogen) atoms. The molecule has 2 amide bonds. The molecule has 0 spiro atoms. The van der Waals surface area contributed by atoms with Crippen LogP contribution in [0.25, 0.3) is 0 Å². The molecule has 3 aromatic rings. The van der Waals surface area contributed by atoms with E-state index in [-0.39, 0.29) is 6.03 Å². The van der Waals surface area contributed by atoms with Crippen molar-refractivity contribution in [2.45, 2.75) is 13.5 Å². The minimum Gasteiger partial charge on any atom is -0.455 e. The fourth-order valence-electron chi connectivity index (χ4n) is 2.50. The molecule has 0 saturated carbocycles. The topological polar surface area (TPSA) is 54.5 Å². The van der Waals surface area contributed by atoms with Gasteiger partial charge in [0.25, 0.3) is 0 Å². The monoisotopic (exact) mass is 347 g/mol. The van der Waals surface area contributed by atoms with Gasteiger partial charge in [-0.1, -0.05) is 30.3 Å². The molecule has 0 unspecified atom stereocenters. The Morgan fingerprint density at radius 3 is 2.42 bits per heavy atom. The van der Waals surface area contributed by atoms with Crippen LogP contribution in [0.15, 0.2) is 79.1 Å². The van der Waals surface area contributed by atoms with Crippen molar-refractivity contribution in [3.05, 3.63) is 84.7 Å². The van der Waals surface area contributed by atoms with Crippen molar-refractivity contribution >= 4 is 11.7 Å². The van der Waals surface area contributed by atoms with Gasteiger partial charge in [-0.15, -0.1) is 0 Å². The van der Waals surface area contributed by atoms with E-state index in [4.69, 9.17) is 4.74 Å². The molecule has 3 rings (SSSR count). The van der Waals surface area contributed by atoms with Crippen LogP contribution in [0.3, 0.4) is 0 Å². The number of ether oxygens (including phenoxy) is 1. The summed E-state index contributed by atoms with van der Waals surface area (Å²) in [6.45, 7) is 3.07. The third-order valence-corrected chi connectivity index (χ3v) is 3.89. The van der Waals surface area contributed by atoms with Gasteiger partial charge in [0.05, 0.1) is 5.69 Å². The van der Waals surface area contributed by atoms with Crippen LogP contribution in [0.5, 0.6) is 11.5 Å². The number of pyridine rings is 1. The fourth-order valence-corrected chi connectivity index (χ4v) is 2.50. The highest BCUT2D eigenvalue weighted by molar-refractivity contribution is 5.91. The molecule has 5 nitrogen and oxygen atoms in total.